The van der Waals surface area contributed by atoms with Crippen molar-refractivity contribution < 1.29 is 14.7 Å². The van der Waals surface area contributed by atoms with Crippen molar-refractivity contribution in [2.75, 3.05) is 18.0 Å². The Morgan fingerprint density at radius 2 is 2.15 bits per heavy atom. The molecule has 0 spiro atoms. The van der Waals surface area contributed by atoms with E-state index in [4.69, 9.17) is 5.73 Å². The number of hydrogen-bond donors (Lipinski definition) is 2. The number of benzene rings is 1. The van der Waals surface area contributed by atoms with E-state index < -0.39 is 11.9 Å². The van der Waals surface area contributed by atoms with Gasteiger partial charge in [0.2, 0.25) is 5.91 Å². The Kier molecular flexibility index (Phi) is 4.39. The van der Waals surface area contributed by atoms with E-state index in [-0.39, 0.29) is 18.4 Å². The van der Waals surface area contributed by atoms with Crippen LogP contribution >= 0.6 is 0 Å². The summed E-state index contributed by atoms with van der Waals surface area (Å²) in [6.45, 7) is 2.65. The molecule has 1 aliphatic rings. The third-order valence-corrected chi connectivity index (χ3v) is 3.80. The van der Waals surface area contributed by atoms with Gasteiger partial charge in [0, 0.05) is 18.2 Å². The molecule has 3 N–H and O–H groups in total. The minimum Gasteiger partial charge on any atom is -0.481 e. The molecule has 5 heteroatoms. The van der Waals surface area contributed by atoms with Crippen molar-refractivity contribution in [1.82, 2.24) is 0 Å². The number of anilines is 1. The molecule has 0 fully saturated rings. The molecule has 1 amide bonds. The fourth-order valence-corrected chi connectivity index (χ4v) is 2.64. The zero-order valence-corrected chi connectivity index (χ0v) is 11.6. The molecule has 0 saturated carbocycles. The highest BCUT2D eigenvalue weighted by Gasteiger charge is 2.37. The summed E-state index contributed by atoms with van der Waals surface area (Å²) in [6, 6.07) is 7.23. The van der Waals surface area contributed by atoms with E-state index >= 15 is 0 Å². The van der Waals surface area contributed by atoms with Gasteiger partial charge < -0.3 is 15.7 Å². The molecule has 0 bridgehead atoms. The van der Waals surface area contributed by atoms with E-state index in [2.05, 4.69) is 0 Å². The number of para-hydroxylation sites is 1. The van der Waals surface area contributed by atoms with Crippen LogP contribution in [0.25, 0.3) is 0 Å². The van der Waals surface area contributed by atoms with Gasteiger partial charge in [-0.3, -0.25) is 9.59 Å². The van der Waals surface area contributed by atoms with E-state index in [0.29, 0.717) is 6.54 Å². The second-order valence-corrected chi connectivity index (χ2v) is 5.23. The SMILES string of the molecule is CC(CCCN)C(=O)N1CC(C(=O)O)c2ccccc21. The van der Waals surface area contributed by atoms with Gasteiger partial charge in [-0.2, -0.15) is 0 Å². The van der Waals surface area contributed by atoms with E-state index in [1.807, 2.05) is 19.1 Å². The van der Waals surface area contributed by atoms with E-state index in [1.54, 1.807) is 17.0 Å². The smallest absolute Gasteiger partial charge is 0.312 e. The predicted molar refractivity (Wildman–Crippen MR) is 76.6 cm³/mol. The van der Waals surface area contributed by atoms with Crippen LogP contribution in [0, 0.1) is 5.92 Å². The lowest BCUT2D eigenvalue weighted by molar-refractivity contribution is -0.138. The molecule has 20 heavy (non-hydrogen) atoms. The third kappa shape index (κ3) is 2.67. The highest BCUT2D eigenvalue weighted by Crippen LogP contribution is 2.37. The summed E-state index contributed by atoms with van der Waals surface area (Å²) in [5, 5.41) is 9.29. The van der Waals surface area contributed by atoms with Crippen LogP contribution < -0.4 is 10.6 Å². The summed E-state index contributed by atoms with van der Waals surface area (Å²) < 4.78 is 0. The standard InChI is InChI=1S/C15H20N2O3/c1-10(5-4-8-16)14(18)17-9-12(15(19)20)11-6-2-3-7-13(11)17/h2-3,6-7,10,12H,4-5,8-9,16H2,1H3,(H,19,20). The Labute approximate surface area is 118 Å². The molecule has 1 heterocycles. The maximum Gasteiger partial charge on any atom is 0.312 e. The van der Waals surface area contributed by atoms with Gasteiger partial charge in [0.15, 0.2) is 0 Å². The lowest BCUT2D eigenvalue weighted by Gasteiger charge is -2.21. The van der Waals surface area contributed by atoms with Crippen LogP contribution in [0.2, 0.25) is 0 Å². The Bertz CT molecular complexity index is 516. The third-order valence-electron chi connectivity index (χ3n) is 3.80. The second-order valence-electron chi connectivity index (χ2n) is 5.23. The van der Waals surface area contributed by atoms with Crippen molar-refractivity contribution in [3.8, 4) is 0 Å². The van der Waals surface area contributed by atoms with Crippen molar-refractivity contribution in [3.63, 3.8) is 0 Å². The van der Waals surface area contributed by atoms with Gasteiger partial charge in [0.25, 0.3) is 0 Å². The molecular formula is C15H20N2O3. The summed E-state index contributed by atoms with van der Waals surface area (Å²) in [4.78, 5) is 25.4. The first-order valence-corrected chi connectivity index (χ1v) is 6.89. The number of carbonyl (C=O) groups is 2. The number of nitrogens with zero attached hydrogens (tertiary/aromatic N) is 1. The molecule has 1 aromatic rings. The average Bonchev–Trinajstić information content (AvgIpc) is 2.83. The zero-order chi connectivity index (χ0) is 14.7. The molecule has 1 aromatic carbocycles. The lowest BCUT2D eigenvalue weighted by atomic mass is 10.0. The number of aliphatic carboxylic acids is 1. The Morgan fingerprint density at radius 1 is 1.45 bits per heavy atom. The van der Waals surface area contributed by atoms with Crippen LogP contribution in [0.5, 0.6) is 0 Å². The first kappa shape index (κ1) is 14.5. The summed E-state index contributed by atoms with van der Waals surface area (Å²) in [5.41, 5.74) is 6.91. The van der Waals surface area contributed by atoms with Crippen LogP contribution in [-0.4, -0.2) is 30.1 Å². The molecule has 0 aliphatic carbocycles. The van der Waals surface area contributed by atoms with Gasteiger partial charge in [0.1, 0.15) is 5.92 Å². The van der Waals surface area contributed by atoms with Crippen molar-refractivity contribution in [2.45, 2.75) is 25.7 Å². The fourth-order valence-electron chi connectivity index (χ4n) is 2.64. The van der Waals surface area contributed by atoms with Gasteiger partial charge in [-0.1, -0.05) is 25.1 Å². The summed E-state index contributed by atoms with van der Waals surface area (Å²) in [5.74, 6) is -1.67. The van der Waals surface area contributed by atoms with Crippen molar-refractivity contribution in [2.24, 2.45) is 11.7 Å². The van der Waals surface area contributed by atoms with Gasteiger partial charge >= 0.3 is 5.97 Å². The minimum atomic E-state index is -0.887. The molecule has 0 saturated heterocycles. The molecule has 0 aromatic heterocycles. The topological polar surface area (TPSA) is 83.6 Å². The molecule has 1 aliphatic heterocycles. The fraction of sp³-hybridized carbons (Fsp3) is 0.467. The first-order chi connectivity index (χ1) is 9.56. The average molecular weight is 276 g/mol. The lowest BCUT2D eigenvalue weighted by Crippen LogP contribution is -2.35. The largest absolute Gasteiger partial charge is 0.481 e. The molecule has 2 rings (SSSR count). The number of amides is 1. The second kappa shape index (κ2) is 6.05. The summed E-state index contributed by atoms with van der Waals surface area (Å²) in [6.07, 6.45) is 1.52. The van der Waals surface area contributed by atoms with E-state index in [1.165, 1.54) is 0 Å². The molecule has 2 unspecified atom stereocenters. The maximum absolute atomic E-state index is 12.5. The number of fused-ring (bicyclic) bond motifs is 1. The number of rotatable bonds is 5. The number of carboxylic acids is 1. The number of hydrogen-bond acceptors (Lipinski definition) is 3. The van der Waals surface area contributed by atoms with Crippen molar-refractivity contribution in [3.05, 3.63) is 29.8 Å². The normalized spacial score (nSPS) is 18.7. The highest BCUT2D eigenvalue weighted by atomic mass is 16.4. The molecule has 108 valence electrons. The van der Waals surface area contributed by atoms with E-state index in [0.717, 1.165) is 24.1 Å². The van der Waals surface area contributed by atoms with Gasteiger partial charge in [0.05, 0.1) is 0 Å². The number of nitrogens with two attached hydrogens (primary N) is 1. The van der Waals surface area contributed by atoms with Gasteiger partial charge in [-0.05, 0) is 31.0 Å². The van der Waals surface area contributed by atoms with Crippen molar-refractivity contribution >= 4 is 17.6 Å². The van der Waals surface area contributed by atoms with Gasteiger partial charge in [-0.25, -0.2) is 0 Å². The zero-order valence-electron chi connectivity index (χ0n) is 11.6. The maximum atomic E-state index is 12.5. The minimum absolute atomic E-state index is 0.0188. The highest BCUT2D eigenvalue weighted by molar-refractivity contribution is 5.99. The van der Waals surface area contributed by atoms with Gasteiger partial charge in [-0.15, -0.1) is 0 Å². The van der Waals surface area contributed by atoms with Crippen LogP contribution in [0.1, 0.15) is 31.2 Å². The Balaban J connectivity index is 2.22. The molecule has 2 atom stereocenters. The number of carboxylic acid groups (broad SMARTS) is 1. The van der Waals surface area contributed by atoms with Crippen LogP contribution in [0.3, 0.4) is 0 Å². The molecular weight excluding hydrogens is 256 g/mol. The monoisotopic (exact) mass is 276 g/mol. The van der Waals surface area contributed by atoms with Crippen LogP contribution in [0.15, 0.2) is 24.3 Å². The first-order valence-electron chi connectivity index (χ1n) is 6.89. The summed E-state index contributed by atoms with van der Waals surface area (Å²) >= 11 is 0. The van der Waals surface area contributed by atoms with Crippen molar-refractivity contribution in [1.29, 1.82) is 0 Å². The predicted octanol–water partition coefficient (Wildman–Crippen LogP) is 1.58. The Hall–Kier alpha value is -1.88. The molecule has 5 nitrogen and oxygen atoms in total. The Morgan fingerprint density at radius 3 is 2.80 bits per heavy atom. The molecule has 0 radical (unpaired) electrons. The quantitative estimate of drug-likeness (QED) is 0.855. The van der Waals surface area contributed by atoms with E-state index in [9.17, 15) is 14.7 Å². The summed E-state index contributed by atoms with van der Waals surface area (Å²) in [7, 11) is 0. The van der Waals surface area contributed by atoms with Crippen LogP contribution in [-0.2, 0) is 9.59 Å². The number of carbonyl (C=O) groups excluding carboxylic acids is 1. The van der Waals surface area contributed by atoms with Crippen LogP contribution in [0.4, 0.5) is 5.69 Å².